The van der Waals surface area contributed by atoms with Crippen molar-refractivity contribution >= 4 is 60.8 Å². The molecule has 0 aliphatic carbocycles. The van der Waals surface area contributed by atoms with Crippen molar-refractivity contribution in [3.05, 3.63) is 0 Å². The van der Waals surface area contributed by atoms with Crippen LogP contribution in [0.25, 0.3) is 0 Å². The Bertz CT molecular complexity index is 324. The van der Waals surface area contributed by atoms with E-state index < -0.39 is 17.4 Å². The molecular weight excluding hydrogens is 454 g/mol. The minimum absolute atomic E-state index is 0. The first-order chi connectivity index (χ1) is 12.0. The molecule has 0 amide bonds. The zero-order valence-corrected chi connectivity index (χ0v) is 16.5. The number of carbonyl (C=O) groups is 2. The van der Waals surface area contributed by atoms with E-state index in [0.717, 1.165) is 25.7 Å². The Morgan fingerprint density at radius 2 is 0.846 bits per heavy atom. The number of carboxylic acid groups (broad SMARTS) is 2. The Hall–Kier alpha value is 0.511. The second kappa shape index (κ2) is 18.9. The third kappa shape index (κ3) is 12.8. The van der Waals surface area contributed by atoms with Crippen molar-refractivity contribution in [2.24, 2.45) is 5.41 Å². The Balaban J connectivity index is 0. The molecule has 0 saturated heterocycles. The summed E-state index contributed by atoms with van der Waals surface area (Å²) in [4.78, 5) is 23.4. The van der Waals surface area contributed by atoms with Crippen LogP contribution in [-0.2, 0) is 9.59 Å². The van der Waals surface area contributed by atoms with E-state index in [0.29, 0.717) is 12.8 Å². The Kier molecular flexibility index (Phi) is 20.8. The fraction of sp³-hybridized carbons (Fsp3) is 0.905. The van der Waals surface area contributed by atoms with E-state index in [9.17, 15) is 19.8 Å². The van der Waals surface area contributed by atoms with Gasteiger partial charge in [-0.25, -0.2) is 0 Å². The van der Waals surface area contributed by atoms with E-state index in [2.05, 4.69) is 13.8 Å². The fourth-order valence-corrected chi connectivity index (χ4v) is 3.41. The van der Waals surface area contributed by atoms with Gasteiger partial charge in [-0.05, 0) is 12.8 Å². The molecule has 0 radical (unpaired) electrons. The van der Waals surface area contributed by atoms with Crippen LogP contribution in [0.1, 0.15) is 117 Å². The van der Waals surface area contributed by atoms with Crippen LogP contribution in [0.2, 0.25) is 0 Å². The molecular formula is C21H42BaO4. The van der Waals surface area contributed by atoms with Crippen molar-refractivity contribution in [1.82, 2.24) is 0 Å². The molecule has 0 aromatic carbocycles. The summed E-state index contributed by atoms with van der Waals surface area (Å²) >= 11 is 0. The summed E-state index contributed by atoms with van der Waals surface area (Å²) < 4.78 is 0. The average Bonchev–Trinajstić information content (AvgIpc) is 2.57. The number of rotatable bonds is 18. The van der Waals surface area contributed by atoms with Crippen molar-refractivity contribution in [2.45, 2.75) is 117 Å². The van der Waals surface area contributed by atoms with Crippen molar-refractivity contribution in [3.63, 3.8) is 0 Å². The predicted octanol–water partition coefficient (Wildman–Crippen LogP) is 5.51. The molecule has 0 aromatic heterocycles. The Labute approximate surface area is 201 Å². The van der Waals surface area contributed by atoms with E-state index in [-0.39, 0.29) is 61.7 Å². The first-order valence-electron chi connectivity index (χ1n) is 10.5. The molecule has 0 rings (SSSR count). The SMILES string of the molecule is CCCCCCCCCC(CCCCCCCCC)(C(=O)O)C(=O)O.[BaH2]. The summed E-state index contributed by atoms with van der Waals surface area (Å²) in [5.41, 5.74) is -1.58. The van der Waals surface area contributed by atoms with Crippen LogP contribution >= 0.6 is 0 Å². The maximum atomic E-state index is 11.7. The molecule has 0 bridgehead atoms. The fourth-order valence-electron chi connectivity index (χ4n) is 3.41. The van der Waals surface area contributed by atoms with Gasteiger partial charge < -0.3 is 10.2 Å². The van der Waals surface area contributed by atoms with Crippen LogP contribution in [0, 0.1) is 5.41 Å². The zero-order valence-electron chi connectivity index (χ0n) is 16.5. The topological polar surface area (TPSA) is 74.6 Å². The maximum absolute atomic E-state index is 11.7. The molecule has 0 aromatic rings. The molecule has 2 N–H and O–H groups in total. The first kappa shape index (κ1) is 28.7. The summed E-state index contributed by atoms with van der Waals surface area (Å²) in [6, 6.07) is 0. The third-order valence-electron chi connectivity index (χ3n) is 5.23. The van der Waals surface area contributed by atoms with Gasteiger partial charge in [0.1, 0.15) is 0 Å². The van der Waals surface area contributed by atoms with Crippen LogP contribution in [0.4, 0.5) is 0 Å². The van der Waals surface area contributed by atoms with Gasteiger partial charge in [0.15, 0.2) is 5.41 Å². The molecule has 0 atom stereocenters. The molecule has 5 heteroatoms. The molecule has 0 saturated carbocycles. The Morgan fingerprint density at radius 3 is 1.12 bits per heavy atom. The molecule has 26 heavy (non-hydrogen) atoms. The molecule has 4 nitrogen and oxygen atoms in total. The molecule has 0 fully saturated rings. The van der Waals surface area contributed by atoms with E-state index in [1.807, 2.05) is 0 Å². The van der Waals surface area contributed by atoms with E-state index >= 15 is 0 Å². The van der Waals surface area contributed by atoms with Gasteiger partial charge in [-0.15, -0.1) is 0 Å². The second-order valence-corrected chi connectivity index (χ2v) is 7.44. The normalized spacial score (nSPS) is 11.2. The average molecular weight is 496 g/mol. The number of hydrogen-bond donors (Lipinski definition) is 2. The van der Waals surface area contributed by atoms with Gasteiger partial charge in [-0.3, -0.25) is 9.59 Å². The predicted molar refractivity (Wildman–Crippen MR) is 111 cm³/mol. The number of hydrogen-bond acceptors (Lipinski definition) is 2. The third-order valence-corrected chi connectivity index (χ3v) is 5.23. The molecule has 0 unspecified atom stereocenters. The zero-order chi connectivity index (χ0) is 19.0. The van der Waals surface area contributed by atoms with Crippen LogP contribution in [0.15, 0.2) is 0 Å². The summed E-state index contributed by atoms with van der Waals surface area (Å²) in [6.45, 7) is 4.36. The molecule has 0 spiro atoms. The van der Waals surface area contributed by atoms with Gasteiger partial charge in [0.05, 0.1) is 0 Å². The number of unbranched alkanes of at least 4 members (excludes halogenated alkanes) is 12. The number of carboxylic acids is 2. The molecule has 0 aliphatic heterocycles. The number of aliphatic carboxylic acids is 2. The van der Waals surface area contributed by atoms with Crippen LogP contribution < -0.4 is 0 Å². The van der Waals surface area contributed by atoms with Crippen LogP contribution in [-0.4, -0.2) is 71.0 Å². The van der Waals surface area contributed by atoms with Crippen molar-refractivity contribution in [1.29, 1.82) is 0 Å². The summed E-state index contributed by atoms with van der Waals surface area (Å²) in [7, 11) is 0. The standard InChI is InChI=1S/C21H40O4.Ba.2H/c1-3-5-7-9-11-13-15-17-21(19(22)23,20(24)25)18-16-14-12-10-8-6-4-2;;;/h3-18H2,1-2H3,(H,22,23)(H,24,25);;;. The first-order valence-corrected chi connectivity index (χ1v) is 10.5. The van der Waals surface area contributed by atoms with E-state index in [4.69, 9.17) is 0 Å². The quantitative estimate of drug-likeness (QED) is 0.149. The minimum atomic E-state index is -1.58. The monoisotopic (exact) mass is 496 g/mol. The van der Waals surface area contributed by atoms with Gasteiger partial charge >= 0.3 is 60.8 Å². The van der Waals surface area contributed by atoms with Crippen molar-refractivity contribution in [2.75, 3.05) is 0 Å². The van der Waals surface area contributed by atoms with Crippen molar-refractivity contribution in [3.8, 4) is 0 Å². The van der Waals surface area contributed by atoms with Gasteiger partial charge in [0.25, 0.3) is 0 Å². The van der Waals surface area contributed by atoms with E-state index in [1.54, 1.807) is 0 Å². The van der Waals surface area contributed by atoms with E-state index in [1.165, 1.54) is 51.4 Å². The summed E-state index contributed by atoms with van der Waals surface area (Å²) in [5.74, 6) is -2.31. The van der Waals surface area contributed by atoms with Gasteiger partial charge in [0.2, 0.25) is 0 Å². The summed E-state index contributed by atoms with van der Waals surface area (Å²) in [6.07, 6.45) is 15.6. The second-order valence-electron chi connectivity index (χ2n) is 7.44. The van der Waals surface area contributed by atoms with Gasteiger partial charge in [-0.2, -0.15) is 0 Å². The molecule has 152 valence electrons. The summed E-state index contributed by atoms with van der Waals surface area (Å²) in [5, 5.41) is 19.1. The molecule has 0 heterocycles. The van der Waals surface area contributed by atoms with Crippen LogP contribution in [0.3, 0.4) is 0 Å². The van der Waals surface area contributed by atoms with Gasteiger partial charge in [-0.1, -0.05) is 104 Å². The van der Waals surface area contributed by atoms with Crippen LogP contribution in [0.5, 0.6) is 0 Å². The van der Waals surface area contributed by atoms with Gasteiger partial charge in [0, 0.05) is 0 Å². The Morgan fingerprint density at radius 1 is 0.577 bits per heavy atom. The van der Waals surface area contributed by atoms with Crippen molar-refractivity contribution < 1.29 is 19.8 Å². The molecule has 0 aliphatic rings.